The van der Waals surface area contributed by atoms with Crippen LogP contribution < -0.4 is 0 Å². The molecule has 110 valence electrons. The average molecular weight is 279 g/mol. The number of aliphatic hydroxyl groups is 1. The minimum Gasteiger partial charge on any atom is -0.396 e. The highest BCUT2D eigenvalue weighted by atomic mass is 16.7. The molecule has 5 nitrogen and oxygen atoms in total. The van der Waals surface area contributed by atoms with Gasteiger partial charge in [0.25, 0.3) is 0 Å². The van der Waals surface area contributed by atoms with Gasteiger partial charge in [-0.2, -0.15) is 4.91 Å². The maximum Gasteiger partial charge on any atom is 0.183 e. The molecule has 5 heteroatoms. The predicted octanol–water partition coefficient (Wildman–Crippen LogP) is 2.60. The largest absolute Gasteiger partial charge is 0.396 e. The van der Waals surface area contributed by atoms with Crippen molar-refractivity contribution < 1.29 is 14.6 Å². The van der Waals surface area contributed by atoms with Crippen molar-refractivity contribution in [2.75, 3.05) is 26.4 Å². The van der Waals surface area contributed by atoms with Gasteiger partial charge in [0.2, 0.25) is 0 Å². The standard InChI is InChI=1S/C15H21NO4/c1-11(2)12-3-5-13(6-4-12)14-19-9-15(8-17,7-16-18)10-20-14/h3-6,11,14,17H,7-10H2,1-2H3. The summed E-state index contributed by atoms with van der Waals surface area (Å²) in [6.07, 6.45) is -0.442. The van der Waals surface area contributed by atoms with E-state index in [4.69, 9.17) is 9.47 Å². The van der Waals surface area contributed by atoms with Crippen molar-refractivity contribution in [3.05, 3.63) is 40.3 Å². The molecule has 1 aliphatic rings. The highest BCUT2D eigenvalue weighted by Crippen LogP contribution is 2.32. The molecule has 0 bridgehead atoms. The SMILES string of the molecule is CC(C)c1ccc(C2OCC(CO)(CN=O)CO2)cc1. The smallest absolute Gasteiger partial charge is 0.183 e. The van der Waals surface area contributed by atoms with E-state index in [-0.39, 0.29) is 26.4 Å². The Morgan fingerprint density at radius 1 is 1.30 bits per heavy atom. The summed E-state index contributed by atoms with van der Waals surface area (Å²) in [7, 11) is 0. The zero-order valence-electron chi connectivity index (χ0n) is 11.9. The molecular formula is C15H21NO4. The van der Waals surface area contributed by atoms with Gasteiger partial charge >= 0.3 is 0 Å². The van der Waals surface area contributed by atoms with Crippen LogP contribution >= 0.6 is 0 Å². The summed E-state index contributed by atoms with van der Waals surface area (Å²) in [5, 5.41) is 12.2. The first-order valence-corrected chi connectivity index (χ1v) is 6.83. The lowest BCUT2D eigenvalue weighted by atomic mass is 9.90. The Labute approximate surface area is 118 Å². The molecule has 0 unspecified atom stereocenters. The molecule has 2 rings (SSSR count). The number of aliphatic hydroxyl groups excluding tert-OH is 1. The summed E-state index contributed by atoms with van der Waals surface area (Å²) < 4.78 is 11.3. The fourth-order valence-electron chi connectivity index (χ4n) is 2.19. The van der Waals surface area contributed by atoms with Crippen molar-refractivity contribution >= 4 is 0 Å². The highest BCUT2D eigenvalue weighted by Gasteiger charge is 2.37. The van der Waals surface area contributed by atoms with Crippen LogP contribution in [0, 0.1) is 10.3 Å². The van der Waals surface area contributed by atoms with Gasteiger partial charge in [0, 0.05) is 5.56 Å². The van der Waals surface area contributed by atoms with Gasteiger partial charge in [0.05, 0.1) is 31.8 Å². The topological polar surface area (TPSA) is 68.1 Å². The summed E-state index contributed by atoms with van der Waals surface area (Å²) in [5.74, 6) is 0.484. The van der Waals surface area contributed by atoms with Gasteiger partial charge in [-0.05, 0) is 11.5 Å². The van der Waals surface area contributed by atoms with Crippen molar-refractivity contribution in [3.8, 4) is 0 Å². The fraction of sp³-hybridized carbons (Fsp3) is 0.600. The van der Waals surface area contributed by atoms with Crippen molar-refractivity contribution in [3.63, 3.8) is 0 Å². The van der Waals surface area contributed by atoms with Crippen LogP contribution in [-0.2, 0) is 9.47 Å². The van der Waals surface area contributed by atoms with Crippen LogP contribution in [0.3, 0.4) is 0 Å². The molecule has 1 aromatic rings. The molecule has 1 heterocycles. The van der Waals surface area contributed by atoms with E-state index >= 15 is 0 Å². The van der Waals surface area contributed by atoms with E-state index in [2.05, 4.69) is 31.2 Å². The third-order valence-electron chi connectivity index (χ3n) is 3.69. The molecule has 20 heavy (non-hydrogen) atoms. The number of ether oxygens (including phenoxy) is 2. The van der Waals surface area contributed by atoms with Crippen LogP contribution in [0.1, 0.15) is 37.2 Å². The molecule has 1 fully saturated rings. The zero-order valence-corrected chi connectivity index (χ0v) is 11.9. The Hall–Kier alpha value is -1.30. The Balaban J connectivity index is 2.01. The molecule has 1 aliphatic heterocycles. The van der Waals surface area contributed by atoms with E-state index in [1.807, 2.05) is 12.1 Å². The lowest BCUT2D eigenvalue weighted by molar-refractivity contribution is -0.238. The van der Waals surface area contributed by atoms with Gasteiger partial charge in [0.15, 0.2) is 6.29 Å². The number of hydrogen-bond donors (Lipinski definition) is 1. The van der Waals surface area contributed by atoms with E-state index < -0.39 is 11.7 Å². The predicted molar refractivity (Wildman–Crippen MR) is 75.4 cm³/mol. The molecule has 1 N–H and O–H groups in total. The van der Waals surface area contributed by atoms with Crippen LogP contribution in [0.5, 0.6) is 0 Å². The second kappa shape index (κ2) is 6.43. The maximum absolute atomic E-state index is 10.4. The van der Waals surface area contributed by atoms with E-state index in [1.54, 1.807) is 0 Å². The van der Waals surface area contributed by atoms with E-state index in [0.29, 0.717) is 5.92 Å². The average Bonchev–Trinajstić information content (AvgIpc) is 2.48. The molecule has 0 atom stereocenters. The second-order valence-electron chi connectivity index (χ2n) is 5.72. The van der Waals surface area contributed by atoms with Crippen molar-refractivity contribution in [1.29, 1.82) is 0 Å². The first kappa shape index (κ1) is 15.1. The molecule has 0 saturated carbocycles. The number of hydrogen-bond acceptors (Lipinski definition) is 5. The molecule has 0 radical (unpaired) electrons. The minimum absolute atomic E-state index is 0.00249. The Kier molecular flexibility index (Phi) is 4.86. The normalized spacial score (nSPS) is 26.7. The van der Waals surface area contributed by atoms with Gasteiger partial charge in [-0.25, -0.2) is 0 Å². The van der Waals surface area contributed by atoms with Gasteiger partial charge in [-0.1, -0.05) is 43.3 Å². The second-order valence-corrected chi connectivity index (χ2v) is 5.72. The number of nitrogens with zero attached hydrogens (tertiary/aromatic N) is 1. The molecule has 0 aromatic heterocycles. The Morgan fingerprint density at radius 2 is 1.90 bits per heavy atom. The summed E-state index contributed by atoms with van der Waals surface area (Å²) in [5.41, 5.74) is 1.51. The molecule has 0 aliphatic carbocycles. The fourth-order valence-corrected chi connectivity index (χ4v) is 2.19. The van der Waals surface area contributed by atoms with Crippen LogP contribution in [0.2, 0.25) is 0 Å². The van der Waals surface area contributed by atoms with Crippen LogP contribution in [0.25, 0.3) is 0 Å². The Bertz CT molecular complexity index is 436. The van der Waals surface area contributed by atoms with Gasteiger partial charge in [-0.3, -0.25) is 0 Å². The quantitative estimate of drug-likeness (QED) is 0.841. The minimum atomic E-state index is -0.698. The van der Waals surface area contributed by atoms with Crippen molar-refractivity contribution in [2.24, 2.45) is 10.6 Å². The van der Waals surface area contributed by atoms with Gasteiger partial charge < -0.3 is 14.6 Å². The van der Waals surface area contributed by atoms with Gasteiger partial charge in [-0.15, -0.1) is 0 Å². The summed E-state index contributed by atoms with van der Waals surface area (Å²) >= 11 is 0. The van der Waals surface area contributed by atoms with E-state index in [0.717, 1.165) is 5.56 Å². The van der Waals surface area contributed by atoms with Crippen molar-refractivity contribution in [2.45, 2.75) is 26.1 Å². The third kappa shape index (κ3) is 3.23. The molecular weight excluding hydrogens is 258 g/mol. The van der Waals surface area contributed by atoms with Gasteiger partial charge in [0.1, 0.15) is 0 Å². The molecule has 0 spiro atoms. The van der Waals surface area contributed by atoms with Crippen molar-refractivity contribution in [1.82, 2.24) is 0 Å². The zero-order chi connectivity index (χ0) is 14.6. The van der Waals surface area contributed by atoms with Crippen LogP contribution in [0.15, 0.2) is 29.4 Å². The molecule has 0 amide bonds. The summed E-state index contributed by atoms with van der Waals surface area (Å²) in [6.45, 7) is 4.66. The summed E-state index contributed by atoms with van der Waals surface area (Å²) in [6, 6.07) is 8.11. The van der Waals surface area contributed by atoms with E-state index in [1.165, 1.54) is 5.56 Å². The van der Waals surface area contributed by atoms with Crippen LogP contribution in [0.4, 0.5) is 0 Å². The lowest BCUT2D eigenvalue weighted by Gasteiger charge is -2.37. The van der Waals surface area contributed by atoms with Crippen LogP contribution in [-0.4, -0.2) is 31.5 Å². The third-order valence-corrected chi connectivity index (χ3v) is 3.69. The Morgan fingerprint density at radius 3 is 2.35 bits per heavy atom. The van der Waals surface area contributed by atoms with E-state index in [9.17, 15) is 10.0 Å². The maximum atomic E-state index is 10.4. The lowest BCUT2D eigenvalue weighted by Crippen LogP contribution is -2.43. The number of rotatable bonds is 5. The number of nitroso groups, excluding NO2 is 1. The molecule has 1 aromatic carbocycles. The summed E-state index contributed by atoms with van der Waals surface area (Å²) in [4.78, 5) is 10.4. The monoisotopic (exact) mass is 279 g/mol. The highest BCUT2D eigenvalue weighted by molar-refractivity contribution is 5.25. The first-order chi connectivity index (χ1) is 9.60. The number of benzene rings is 1. The molecule has 1 saturated heterocycles. The first-order valence-electron chi connectivity index (χ1n) is 6.83.